The molecular formula is C11H14N2O3. The third-order valence-corrected chi connectivity index (χ3v) is 1.74. The molecule has 0 fully saturated rings. The Bertz CT molecular complexity index is 391. The number of hydrogen-bond acceptors (Lipinski definition) is 3. The first-order valence-electron chi connectivity index (χ1n) is 4.83. The van der Waals surface area contributed by atoms with Gasteiger partial charge < -0.3 is 4.74 Å². The molecule has 86 valence electrons. The molecule has 2 amide bonds. The van der Waals surface area contributed by atoms with E-state index >= 15 is 0 Å². The van der Waals surface area contributed by atoms with Crippen LogP contribution in [0.4, 0.5) is 0 Å². The average Bonchev–Trinajstić information content (AvgIpc) is 2.23. The van der Waals surface area contributed by atoms with Crippen molar-refractivity contribution in [1.29, 1.82) is 0 Å². The van der Waals surface area contributed by atoms with Crippen molar-refractivity contribution in [2.24, 2.45) is 0 Å². The Morgan fingerprint density at radius 1 is 1.31 bits per heavy atom. The van der Waals surface area contributed by atoms with Crippen LogP contribution in [0.25, 0.3) is 0 Å². The molecule has 5 heteroatoms. The van der Waals surface area contributed by atoms with Crippen LogP contribution in [0.1, 0.15) is 12.5 Å². The molecule has 16 heavy (non-hydrogen) atoms. The van der Waals surface area contributed by atoms with E-state index in [2.05, 4.69) is 10.9 Å². The Morgan fingerprint density at radius 3 is 2.69 bits per heavy atom. The van der Waals surface area contributed by atoms with Gasteiger partial charge in [-0.3, -0.25) is 20.4 Å². The molecule has 0 unspecified atom stereocenters. The number of amides is 2. The van der Waals surface area contributed by atoms with Crippen LogP contribution in [0.3, 0.4) is 0 Å². The Balaban J connectivity index is 2.34. The highest BCUT2D eigenvalue weighted by molar-refractivity contribution is 5.81. The standard InChI is InChI=1S/C11H14N2O3/c1-8-4-3-5-10(6-8)16-7-11(15)13-12-9(2)14/h3-6H,7H2,1-2H3,(H,12,14)(H,13,15). The first-order chi connectivity index (χ1) is 7.58. The van der Waals surface area contributed by atoms with Crippen molar-refractivity contribution in [3.05, 3.63) is 29.8 Å². The number of ether oxygens (including phenoxy) is 1. The lowest BCUT2D eigenvalue weighted by Crippen LogP contribution is -2.42. The molecule has 2 N–H and O–H groups in total. The van der Waals surface area contributed by atoms with Gasteiger partial charge in [-0.1, -0.05) is 12.1 Å². The summed E-state index contributed by atoms with van der Waals surface area (Å²) >= 11 is 0. The summed E-state index contributed by atoms with van der Waals surface area (Å²) in [6.45, 7) is 3.11. The SMILES string of the molecule is CC(=O)NNC(=O)COc1cccc(C)c1. The second-order valence-electron chi connectivity index (χ2n) is 3.33. The Morgan fingerprint density at radius 2 is 2.06 bits per heavy atom. The molecule has 5 nitrogen and oxygen atoms in total. The van der Waals surface area contributed by atoms with Gasteiger partial charge in [-0.25, -0.2) is 0 Å². The number of benzene rings is 1. The van der Waals surface area contributed by atoms with Crippen molar-refractivity contribution in [3.63, 3.8) is 0 Å². The summed E-state index contributed by atoms with van der Waals surface area (Å²) in [5.41, 5.74) is 5.43. The fourth-order valence-corrected chi connectivity index (χ4v) is 1.05. The third kappa shape index (κ3) is 4.45. The summed E-state index contributed by atoms with van der Waals surface area (Å²) in [6, 6.07) is 7.37. The molecule has 0 atom stereocenters. The van der Waals surface area contributed by atoms with Gasteiger partial charge in [-0.15, -0.1) is 0 Å². The fraction of sp³-hybridized carbons (Fsp3) is 0.273. The number of hydrogen-bond donors (Lipinski definition) is 2. The molecule has 0 radical (unpaired) electrons. The van der Waals surface area contributed by atoms with Gasteiger partial charge in [0.2, 0.25) is 5.91 Å². The van der Waals surface area contributed by atoms with E-state index in [1.807, 2.05) is 25.1 Å². The maximum atomic E-state index is 11.2. The number of aryl methyl sites for hydroxylation is 1. The summed E-state index contributed by atoms with van der Waals surface area (Å²) in [4.78, 5) is 21.7. The molecule has 0 saturated carbocycles. The van der Waals surface area contributed by atoms with E-state index in [4.69, 9.17) is 4.74 Å². The lowest BCUT2D eigenvalue weighted by atomic mass is 10.2. The van der Waals surface area contributed by atoms with Crippen molar-refractivity contribution < 1.29 is 14.3 Å². The number of hydrazine groups is 1. The van der Waals surface area contributed by atoms with E-state index in [0.717, 1.165) is 5.56 Å². The monoisotopic (exact) mass is 222 g/mol. The van der Waals surface area contributed by atoms with Gasteiger partial charge in [0.25, 0.3) is 5.91 Å². The summed E-state index contributed by atoms with van der Waals surface area (Å²) in [7, 11) is 0. The maximum absolute atomic E-state index is 11.2. The van der Waals surface area contributed by atoms with Gasteiger partial charge in [0.1, 0.15) is 5.75 Å². The van der Waals surface area contributed by atoms with Crippen LogP contribution in [0, 0.1) is 6.92 Å². The van der Waals surface area contributed by atoms with E-state index in [0.29, 0.717) is 5.75 Å². The van der Waals surface area contributed by atoms with Crippen molar-refractivity contribution in [2.45, 2.75) is 13.8 Å². The topological polar surface area (TPSA) is 67.4 Å². The Labute approximate surface area is 93.8 Å². The molecule has 1 aromatic rings. The Hall–Kier alpha value is -2.04. The van der Waals surface area contributed by atoms with Crippen LogP contribution in [-0.4, -0.2) is 18.4 Å². The summed E-state index contributed by atoms with van der Waals surface area (Å²) < 4.78 is 5.22. The number of nitrogens with one attached hydrogen (secondary N) is 2. The van der Waals surface area contributed by atoms with E-state index < -0.39 is 5.91 Å². The molecule has 0 aliphatic rings. The predicted octanol–water partition coefficient (Wildman–Crippen LogP) is 0.541. The summed E-state index contributed by atoms with van der Waals surface area (Å²) in [5, 5.41) is 0. The maximum Gasteiger partial charge on any atom is 0.276 e. The molecule has 0 aliphatic heterocycles. The smallest absolute Gasteiger partial charge is 0.276 e. The van der Waals surface area contributed by atoms with Crippen LogP contribution in [0.15, 0.2) is 24.3 Å². The molecule has 0 bridgehead atoms. The van der Waals surface area contributed by atoms with Crippen LogP contribution in [0.2, 0.25) is 0 Å². The highest BCUT2D eigenvalue weighted by atomic mass is 16.5. The molecule has 0 heterocycles. The fourth-order valence-electron chi connectivity index (χ4n) is 1.05. The largest absolute Gasteiger partial charge is 0.484 e. The lowest BCUT2D eigenvalue weighted by Gasteiger charge is -2.07. The minimum Gasteiger partial charge on any atom is -0.484 e. The molecule has 1 aromatic carbocycles. The zero-order chi connectivity index (χ0) is 12.0. The van der Waals surface area contributed by atoms with Crippen molar-refractivity contribution in [2.75, 3.05) is 6.61 Å². The summed E-state index contributed by atoms with van der Waals surface area (Å²) in [6.07, 6.45) is 0. The first-order valence-corrected chi connectivity index (χ1v) is 4.83. The molecule has 0 saturated heterocycles. The van der Waals surface area contributed by atoms with Crippen LogP contribution in [-0.2, 0) is 9.59 Å². The summed E-state index contributed by atoms with van der Waals surface area (Å²) in [5.74, 6) is -0.112. The normalized spacial score (nSPS) is 9.38. The quantitative estimate of drug-likeness (QED) is 0.733. The Kier molecular flexibility index (Phi) is 4.32. The van der Waals surface area contributed by atoms with E-state index in [1.165, 1.54) is 6.92 Å². The van der Waals surface area contributed by atoms with Gasteiger partial charge in [0, 0.05) is 6.92 Å². The van der Waals surface area contributed by atoms with Crippen LogP contribution in [0.5, 0.6) is 5.75 Å². The first kappa shape index (κ1) is 12.0. The predicted molar refractivity (Wildman–Crippen MR) is 58.6 cm³/mol. The van der Waals surface area contributed by atoms with Crippen molar-refractivity contribution in [1.82, 2.24) is 10.9 Å². The molecular weight excluding hydrogens is 208 g/mol. The van der Waals surface area contributed by atoms with Gasteiger partial charge in [0.05, 0.1) is 0 Å². The third-order valence-electron chi connectivity index (χ3n) is 1.74. The zero-order valence-corrected chi connectivity index (χ0v) is 9.24. The number of rotatable bonds is 3. The van der Waals surface area contributed by atoms with E-state index in [-0.39, 0.29) is 12.5 Å². The van der Waals surface area contributed by atoms with Crippen LogP contribution < -0.4 is 15.6 Å². The molecule has 0 spiro atoms. The second-order valence-corrected chi connectivity index (χ2v) is 3.33. The van der Waals surface area contributed by atoms with Gasteiger partial charge in [-0.05, 0) is 24.6 Å². The van der Waals surface area contributed by atoms with Gasteiger partial charge >= 0.3 is 0 Å². The minimum absolute atomic E-state index is 0.135. The minimum atomic E-state index is -0.406. The van der Waals surface area contributed by atoms with Gasteiger partial charge in [-0.2, -0.15) is 0 Å². The van der Waals surface area contributed by atoms with Crippen molar-refractivity contribution in [3.8, 4) is 5.75 Å². The van der Waals surface area contributed by atoms with E-state index in [9.17, 15) is 9.59 Å². The number of carbonyl (C=O) groups is 2. The molecule has 0 aliphatic carbocycles. The van der Waals surface area contributed by atoms with E-state index in [1.54, 1.807) is 6.07 Å². The lowest BCUT2D eigenvalue weighted by molar-refractivity contribution is -0.129. The number of carbonyl (C=O) groups excluding carboxylic acids is 2. The second kappa shape index (κ2) is 5.75. The molecule has 1 rings (SSSR count). The molecule has 0 aromatic heterocycles. The highest BCUT2D eigenvalue weighted by Crippen LogP contribution is 2.11. The van der Waals surface area contributed by atoms with Crippen molar-refractivity contribution >= 4 is 11.8 Å². The van der Waals surface area contributed by atoms with Crippen LogP contribution >= 0.6 is 0 Å². The zero-order valence-electron chi connectivity index (χ0n) is 9.24. The van der Waals surface area contributed by atoms with Gasteiger partial charge in [0.15, 0.2) is 6.61 Å². The average molecular weight is 222 g/mol. The highest BCUT2D eigenvalue weighted by Gasteiger charge is 2.02.